The Morgan fingerprint density at radius 3 is 2.70 bits per heavy atom. The standard InChI is InChI=1S/C20H18BrN3O3/c1-27-14-7-5-13(6-8-14)12-23-19(25)10-9-18(20(23)26)24-17-4-2-3-16(21)15(17)11-22-24/h2-8,11,18H,9-10,12H2,1H3/t18-/m1/s1. The Kier molecular flexibility index (Phi) is 4.70. The first-order valence-electron chi connectivity index (χ1n) is 8.67. The summed E-state index contributed by atoms with van der Waals surface area (Å²) < 4.78 is 7.82. The molecule has 7 heteroatoms. The Labute approximate surface area is 164 Å². The zero-order chi connectivity index (χ0) is 19.0. The summed E-state index contributed by atoms with van der Waals surface area (Å²) in [6, 6.07) is 12.7. The van der Waals surface area contributed by atoms with Crippen molar-refractivity contribution in [2.45, 2.75) is 25.4 Å². The van der Waals surface area contributed by atoms with Crippen LogP contribution < -0.4 is 4.74 Å². The number of fused-ring (bicyclic) bond motifs is 1. The fourth-order valence-electron chi connectivity index (χ4n) is 3.41. The molecule has 0 aliphatic carbocycles. The highest BCUT2D eigenvalue weighted by Gasteiger charge is 2.36. The summed E-state index contributed by atoms with van der Waals surface area (Å²) in [7, 11) is 1.60. The monoisotopic (exact) mass is 427 g/mol. The lowest BCUT2D eigenvalue weighted by atomic mass is 10.0. The fourth-order valence-corrected chi connectivity index (χ4v) is 3.87. The van der Waals surface area contributed by atoms with Crippen LogP contribution in [0.1, 0.15) is 24.4 Å². The highest BCUT2D eigenvalue weighted by molar-refractivity contribution is 9.10. The number of amides is 2. The summed E-state index contributed by atoms with van der Waals surface area (Å²) in [4.78, 5) is 26.8. The molecule has 27 heavy (non-hydrogen) atoms. The number of hydrogen-bond donors (Lipinski definition) is 0. The molecule has 0 saturated carbocycles. The summed E-state index contributed by atoms with van der Waals surface area (Å²) in [6.45, 7) is 0.251. The number of rotatable bonds is 4. The normalized spacial score (nSPS) is 17.6. The van der Waals surface area contributed by atoms with E-state index >= 15 is 0 Å². The van der Waals surface area contributed by atoms with Crippen molar-refractivity contribution in [3.63, 3.8) is 0 Å². The van der Waals surface area contributed by atoms with Gasteiger partial charge in [-0.3, -0.25) is 19.2 Å². The number of carbonyl (C=O) groups excluding carboxylic acids is 2. The zero-order valence-corrected chi connectivity index (χ0v) is 16.3. The fraction of sp³-hybridized carbons (Fsp3) is 0.250. The van der Waals surface area contributed by atoms with E-state index in [1.807, 2.05) is 42.5 Å². The van der Waals surface area contributed by atoms with Crippen molar-refractivity contribution in [1.29, 1.82) is 0 Å². The first kappa shape index (κ1) is 17.7. The van der Waals surface area contributed by atoms with Crippen molar-refractivity contribution in [1.82, 2.24) is 14.7 Å². The molecule has 2 aromatic carbocycles. The zero-order valence-electron chi connectivity index (χ0n) is 14.8. The predicted octanol–water partition coefficient (Wildman–Crippen LogP) is 3.70. The lowest BCUT2D eigenvalue weighted by Gasteiger charge is -2.31. The maximum atomic E-state index is 13.1. The second kappa shape index (κ2) is 7.15. The van der Waals surface area contributed by atoms with E-state index in [2.05, 4.69) is 21.0 Å². The maximum Gasteiger partial charge on any atom is 0.254 e. The van der Waals surface area contributed by atoms with Crippen LogP contribution in [0.5, 0.6) is 5.75 Å². The average Bonchev–Trinajstić information content (AvgIpc) is 3.11. The number of nitrogens with zero attached hydrogens (tertiary/aromatic N) is 3. The summed E-state index contributed by atoms with van der Waals surface area (Å²) in [5.41, 5.74) is 1.76. The van der Waals surface area contributed by atoms with Gasteiger partial charge in [-0.05, 0) is 36.2 Å². The van der Waals surface area contributed by atoms with Crippen LogP contribution in [0.3, 0.4) is 0 Å². The Bertz CT molecular complexity index is 1010. The quantitative estimate of drug-likeness (QED) is 0.595. The third-order valence-electron chi connectivity index (χ3n) is 4.87. The van der Waals surface area contributed by atoms with Gasteiger partial charge in [-0.15, -0.1) is 0 Å². The van der Waals surface area contributed by atoms with Crippen molar-refractivity contribution in [2.75, 3.05) is 7.11 Å². The SMILES string of the molecule is COc1ccc(CN2C(=O)CC[C@@H](n3ncc4c(Br)cccc43)C2=O)cc1. The molecular weight excluding hydrogens is 410 g/mol. The van der Waals surface area contributed by atoms with Crippen LogP contribution in [-0.2, 0) is 16.1 Å². The molecule has 1 atom stereocenters. The van der Waals surface area contributed by atoms with Gasteiger partial charge in [-0.2, -0.15) is 5.10 Å². The van der Waals surface area contributed by atoms with Crippen molar-refractivity contribution in [2.24, 2.45) is 0 Å². The van der Waals surface area contributed by atoms with Gasteiger partial charge in [0.2, 0.25) is 5.91 Å². The van der Waals surface area contributed by atoms with Crippen LogP contribution >= 0.6 is 15.9 Å². The number of imide groups is 1. The third-order valence-corrected chi connectivity index (χ3v) is 5.56. The van der Waals surface area contributed by atoms with E-state index in [4.69, 9.17) is 4.74 Å². The van der Waals surface area contributed by atoms with Crippen LogP contribution in [0.2, 0.25) is 0 Å². The predicted molar refractivity (Wildman–Crippen MR) is 104 cm³/mol. The molecule has 3 aromatic rings. The Morgan fingerprint density at radius 1 is 1.19 bits per heavy atom. The molecule has 0 unspecified atom stereocenters. The van der Waals surface area contributed by atoms with E-state index in [-0.39, 0.29) is 18.4 Å². The smallest absolute Gasteiger partial charge is 0.254 e. The van der Waals surface area contributed by atoms with Crippen molar-refractivity contribution < 1.29 is 14.3 Å². The summed E-state index contributed by atoms with van der Waals surface area (Å²) >= 11 is 3.51. The van der Waals surface area contributed by atoms with Crippen LogP contribution in [0.25, 0.3) is 10.9 Å². The number of halogens is 1. The molecule has 2 amide bonds. The number of benzene rings is 2. The Hall–Kier alpha value is -2.67. The molecule has 1 aliphatic rings. The van der Waals surface area contributed by atoms with Gasteiger partial charge in [-0.1, -0.05) is 34.1 Å². The average molecular weight is 428 g/mol. The topological polar surface area (TPSA) is 64.4 Å². The van der Waals surface area contributed by atoms with Gasteiger partial charge >= 0.3 is 0 Å². The number of methoxy groups -OCH3 is 1. The maximum absolute atomic E-state index is 13.1. The molecule has 2 heterocycles. The summed E-state index contributed by atoms with van der Waals surface area (Å²) in [5.74, 6) is 0.373. The highest BCUT2D eigenvalue weighted by Crippen LogP contribution is 2.30. The molecule has 0 N–H and O–H groups in total. The van der Waals surface area contributed by atoms with Gasteiger partial charge in [0.05, 0.1) is 25.4 Å². The molecule has 1 aliphatic heterocycles. The minimum atomic E-state index is -0.479. The van der Waals surface area contributed by atoms with E-state index in [9.17, 15) is 9.59 Å². The molecule has 0 radical (unpaired) electrons. The summed E-state index contributed by atoms with van der Waals surface area (Å²) in [5, 5.41) is 5.38. The molecule has 4 rings (SSSR count). The van der Waals surface area contributed by atoms with Gasteiger partial charge in [0.25, 0.3) is 5.91 Å². The van der Waals surface area contributed by atoms with Gasteiger partial charge in [0, 0.05) is 16.3 Å². The minimum absolute atomic E-state index is 0.148. The van der Waals surface area contributed by atoms with E-state index in [0.717, 1.165) is 26.7 Å². The largest absolute Gasteiger partial charge is 0.497 e. The van der Waals surface area contributed by atoms with E-state index in [1.165, 1.54) is 4.90 Å². The first-order valence-corrected chi connectivity index (χ1v) is 9.46. The number of aromatic nitrogens is 2. The number of carbonyl (C=O) groups is 2. The lowest BCUT2D eigenvalue weighted by molar-refractivity contribution is -0.152. The van der Waals surface area contributed by atoms with Crippen LogP contribution in [-0.4, -0.2) is 33.6 Å². The summed E-state index contributed by atoms with van der Waals surface area (Å²) in [6.07, 6.45) is 2.53. The molecule has 138 valence electrons. The van der Waals surface area contributed by atoms with E-state index in [0.29, 0.717) is 12.8 Å². The van der Waals surface area contributed by atoms with Crippen molar-refractivity contribution in [3.8, 4) is 5.75 Å². The number of piperidine rings is 1. The Morgan fingerprint density at radius 2 is 1.96 bits per heavy atom. The third kappa shape index (κ3) is 3.23. The van der Waals surface area contributed by atoms with Crippen LogP contribution in [0.4, 0.5) is 0 Å². The second-order valence-corrected chi connectivity index (χ2v) is 7.34. The highest BCUT2D eigenvalue weighted by atomic mass is 79.9. The molecule has 1 fully saturated rings. The van der Waals surface area contributed by atoms with Crippen LogP contribution in [0, 0.1) is 0 Å². The Balaban J connectivity index is 1.62. The number of hydrogen-bond acceptors (Lipinski definition) is 4. The molecule has 1 aromatic heterocycles. The molecule has 0 bridgehead atoms. The van der Waals surface area contributed by atoms with E-state index in [1.54, 1.807) is 18.0 Å². The van der Waals surface area contributed by atoms with E-state index < -0.39 is 6.04 Å². The molecule has 6 nitrogen and oxygen atoms in total. The second-order valence-electron chi connectivity index (χ2n) is 6.48. The number of likely N-dealkylation sites (tertiary alicyclic amines) is 1. The van der Waals surface area contributed by atoms with Gasteiger partial charge in [-0.25, -0.2) is 0 Å². The van der Waals surface area contributed by atoms with Crippen molar-refractivity contribution >= 4 is 38.6 Å². The number of ether oxygens (including phenoxy) is 1. The lowest BCUT2D eigenvalue weighted by Crippen LogP contribution is -2.45. The first-order chi connectivity index (χ1) is 13.1. The minimum Gasteiger partial charge on any atom is -0.497 e. The molecule has 1 saturated heterocycles. The van der Waals surface area contributed by atoms with Crippen molar-refractivity contribution in [3.05, 3.63) is 58.7 Å². The van der Waals surface area contributed by atoms with Gasteiger partial charge < -0.3 is 4.74 Å². The van der Waals surface area contributed by atoms with Gasteiger partial charge in [0.15, 0.2) is 0 Å². The molecular formula is C20H18BrN3O3. The van der Waals surface area contributed by atoms with Gasteiger partial charge in [0.1, 0.15) is 11.8 Å². The van der Waals surface area contributed by atoms with Crippen LogP contribution in [0.15, 0.2) is 53.1 Å². The molecule has 0 spiro atoms.